The van der Waals surface area contributed by atoms with Crippen LogP contribution in [-0.4, -0.2) is 34.6 Å². The number of nitrogens with one attached hydrogen (secondary N) is 1. The largest absolute Gasteiger partial charge is 0.493 e. The zero-order valence-electron chi connectivity index (χ0n) is 17.1. The summed E-state index contributed by atoms with van der Waals surface area (Å²) in [6, 6.07) is 13.9. The van der Waals surface area contributed by atoms with Gasteiger partial charge in [-0.1, -0.05) is 24.3 Å². The molecule has 0 spiro atoms. The zero-order valence-corrected chi connectivity index (χ0v) is 17.9. The van der Waals surface area contributed by atoms with Crippen molar-refractivity contribution in [2.24, 2.45) is 0 Å². The Morgan fingerprint density at radius 2 is 1.84 bits per heavy atom. The third-order valence-electron chi connectivity index (χ3n) is 4.54. The van der Waals surface area contributed by atoms with E-state index in [-0.39, 0.29) is 40.0 Å². The van der Waals surface area contributed by atoms with E-state index in [1.54, 1.807) is 24.3 Å². The van der Waals surface area contributed by atoms with Gasteiger partial charge in [0, 0.05) is 12.1 Å². The van der Waals surface area contributed by atoms with Crippen molar-refractivity contribution in [3.8, 4) is 11.5 Å². The summed E-state index contributed by atoms with van der Waals surface area (Å²) in [6.45, 7) is -2.84. The van der Waals surface area contributed by atoms with E-state index in [2.05, 4.69) is 10.1 Å². The molecule has 0 fully saturated rings. The number of benzene rings is 2. The highest BCUT2D eigenvalue weighted by Crippen LogP contribution is 2.29. The molecule has 0 aliphatic rings. The van der Waals surface area contributed by atoms with E-state index < -0.39 is 22.4 Å². The smallest absolute Gasteiger partial charge is 0.387 e. The molecule has 0 radical (unpaired) electrons. The van der Waals surface area contributed by atoms with Crippen LogP contribution in [0.4, 0.5) is 8.78 Å². The van der Waals surface area contributed by atoms with E-state index in [4.69, 9.17) is 9.15 Å². The van der Waals surface area contributed by atoms with Crippen LogP contribution in [-0.2, 0) is 22.0 Å². The Balaban J connectivity index is 1.63. The minimum atomic E-state index is -3.65. The number of rotatable bonds is 10. The Hall–Kier alpha value is -3.40. The van der Waals surface area contributed by atoms with Gasteiger partial charge < -0.3 is 19.2 Å². The number of alkyl halides is 2. The number of hydrogen-bond acceptors (Lipinski definition) is 6. The second kappa shape index (κ2) is 10.3. The normalized spacial score (nSPS) is 11.4. The van der Waals surface area contributed by atoms with E-state index in [1.807, 2.05) is 0 Å². The lowest BCUT2D eigenvalue weighted by molar-refractivity contribution is -0.0512. The summed E-state index contributed by atoms with van der Waals surface area (Å²) >= 11 is 0. The maximum atomic E-state index is 12.6. The molecule has 0 saturated heterocycles. The molecular weight excluding hydrogens is 444 g/mol. The summed E-state index contributed by atoms with van der Waals surface area (Å²) in [6.07, 6.45) is 1.57. The maximum Gasteiger partial charge on any atom is 0.387 e. The Labute approximate surface area is 183 Å². The second-order valence-corrected chi connectivity index (χ2v) is 8.71. The van der Waals surface area contributed by atoms with Crippen molar-refractivity contribution in [3.05, 3.63) is 77.7 Å². The predicted octanol–water partition coefficient (Wildman–Crippen LogP) is 3.84. The second-order valence-electron chi connectivity index (χ2n) is 6.72. The van der Waals surface area contributed by atoms with Gasteiger partial charge in [-0.05, 0) is 42.3 Å². The highest BCUT2D eigenvalue weighted by atomic mass is 32.2. The van der Waals surface area contributed by atoms with E-state index in [0.29, 0.717) is 12.0 Å². The number of halogens is 2. The Morgan fingerprint density at radius 3 is 2.53 bits per heavy atom. The molecule has 0 aliphatic heterocycles. The predicted molar refractivity (Wildman–Crippen MR) is 112 cm³/mol. The minimum absolute atomic E-state index is 0.0963. The molecule has 1 amide bonds. The van der Waals surface area contributed by atoms with Crippen molar-refractivity contribution < 1.29 is 35.9 Å². The van der Waals surface area contributed by atoms with Gasteiger partial charge in [-0.2, -0.15) is 8.78 Å². The number of ether oxygens (including phenoxy) is 2. The first kappa shape index (κ1) is 23.3. The average molecular weight is 465 g/mol. The summed E-state index contributed by atoms with van der Waals surface area (Å²) in [5, 5.41) is 2.64. The van der Waals surface area contributed by atoms with Crippen molar-refractivity contribution in [1.82, 2.24) is 5.32 Å². The van der Waals surface area contributed by atoms with Gasteiger partial charge in [0.15, 0.2) is 27.1 Å². The molecule has 32 heavy (non-hydrogen) atoms. The molecule has 0 aliphatic carbocycles. The minimum Gasteiger partial charge on any atom is -0.493 e. The summed E-state index contributed by atoms with van der Waals surface area (Å²) in [5.74, 6) is -1.00. The van der Waals surface area contributed by atoms with Gasteiger partial charge in [-0.25, -0.2) is 8.42 Å². The molecule has 0 bridgehead atoms. The summed E-state index contributed by atoms with van der Waals surface area (Å²) in [4.78, 5) is 12.7. The van der Waals surface area contributed by atoms with Gasteiger partial charge in [0.1, 0.15) is 0 Å². The third-order valence-corrected chi connectivity index (χ3v) is 6.23. The fourth-order valence-electron chi connectivity index (χ4n) is 3.03. The van der Waals surface area contributed by atoms with Crippen molar-refractivity contribution in [3.63, 3.8) is 0 Å². The molecule has 3 rings (SSSR count). The van der Waals surface area contributed by atoms with Crippen molar-refractivity contribution in [2.45, 2.75) is 23.7 Å². The van der Waals surface area contributed by atoms with Crippen molar-refractivity contribution in [2.75, 3.05) is 13.7 Å². The first-order valence-electron chi connectivity index (χ1n) is 9.54. The lowest BCUT2D eigenvalue weighted by Crippen LogP contribution is -2.26. The van der Waals surface area contributed by atoms with Crippen LogP contribution >= 0.6 is 0 Å². The van der Waals surface area contributed by atoms with Crippen LogP contribution in [0, 0.1) is 0 Å². The van der Waals surface area contributed by atoms with Gasteiger partial charge in [0.05, 0.1) is 24.0 Å². The Kier molecular flexibility index (Phi) is 7.47. The lowest BCUT2D eigenvalue weighted by Gasteiger charge is -2.12. The zero-order chi connectivity index (χ0) is 23.1. The highest BCUT2D eigenvalue weighted by Gasteiger charge is 2.22. The highest BCUT2D eigenvalue weighted by molar-refractivity contribution is 7.90. The number of methoxy groups -OCH3 is 1. The number of carbonyl (C=O) groups is 1. The van der Waals surface area contributed by atoms with Gasteiger partial charge >= 0.3 is 6.61 Å². The van der Waals surface area contributed by atoms with Crippen LogP contribution in [0.15, 0.2) is 70.2 Å². The van der Waals surface area contributed by atoms with Crippen LogP contribution in [0.5, 0.6) is 11.5 Å². The first-order valence-corrected chi connectivity index (χ1v) is 11.2. The van der Waals surface area contributed by atoms with E-state index in [9.17, 15) is 22.0 Å². The molecular formula is C22H21F2NO6S. The van der Waals surface area contributed by atoms with Crippen LogP contribution in [0.2, 0.25) is 0 Å². The molecule has 7 nitrogen and oxygen atoms in total. The van der Waals surface area contributed by atoms with Crippen LogP contribution in [0.3, 0.4) is 0 Å². The molecule has 2 aromatic carbocycles. The number of hydrogen-bond donors (Lipinski definition) is 1. The monoisotopic (exact) mass is 465 g/mol. The Bertz CT molecular complexity index is 1160. The molecule has 10 heteroatoms. The van der Waals surface area contributed by atoms with Gasteiger partial charge in [-0.3, -0.25) is 4.79 Å². The summed E-state index contributed by atoms with van der Waals surface area (Å²) < 4.78 is 64.9. The molecule has 3 aromatic rings. The molecule has 0 saturated carbocycles. The topological polar surface area (TPSA) is 94.8 Å². The number of amides is 1. The van der Waals surface area contributed by atoms with Crippen LogP contribution < -0.4 is 14.8 Å². The van der Waals surface area contributed by atoms with Crippen molar-refractivity contribution in [1.29, 1.82) is 0 Å². The lowest BCUT2D eigenvalue weighted by atomic mass is 10.1. The van der Waals surface area contributed by atoms with E-state index in [0.717, 1.165) is 0 Å². The number of carbonyl (C=O) groups excluding carboxylic acids is 1. The van der Waals surface area contributed by atoms with Gasteiger partial charge in [0.25, 0.3) is 5.91 Å². The summed E-state index contributed by atoms with van der Waals surface area (Å²) in [5.41, 5.74) is 0.872. The van der Waals surface area contributed by atoms with Crippen LogP contribution in [0.1, 0.15) is 21.7 Å². The molecule has 1 heterocycles. The van der Waals surface area contributed by atoms with Gasteiger partial charge in [0.2, 0.25) is 0 Å². The average Bonchev–Trinajstić information content (AvgIpc) is 3.21. The maximum absolute atomic E-state index is 12.6. The van der Waals surface area contributed by atoms with E-state index in [1.165, 1.54) is 43.7 Å². The molecule has 1 N–H and O–H groups in total. The SMILES string of the molecule is COc1ccc(CCNC(=O)c2occc2CS(=O)(=O)c2ccccc2)cc1OC(F)F. The standard InChI is InChI=1S/C22H21F2NO6S/c1-29-18-8-7-15(13-19(18)31-22(23)24)9-11-25-21(26)20-16(10-12-30-20)14-32(27,28)17-5-3-2-4-6-17/h2-8,10,12-13,22H,9,11,14H2,1H3,(H,25,26). The van der Waals surface area contributed by atoms with Crippen molar-refractivity contribution >= 4 is 15.7 Å². The molecule has 1 aromatic heterocycles. The fourth-order valence-corrected chi connectivity index (χ4v) is 4.41. The third kappa shape index (κ3) is 5.85. The number of furan rings is 1. The summed E-state index contributed by atoms with van der Waals surface area (Å²) in [7, 11) is -2.31. The Morgan fingerprint density at radius 1 is 1.09 bits per heavy atom. The van der Waals surface area contributed by atoms with E-state index >= 15 is 0 Å². The number of sulfone groups is 1. The van der Waals surface area contributed by atoms with Crippen LogP contribution in [0.25, 0.3) is 0 Å². The molecule has 0 atom stereocenters. The molecule has 0 unspecified atom stereocenters. The first-order chi connectivity index (χ1) is 15.3. The fraction of sp³-hybridized carbons (Fsp3) is 0.227. The molecule has 170 valence electrons. The quantitative estimate of drug-likeness (QED) is 0.489. The van der Waals surface area contributed by atoms with Gasteiger partial charge in [-0.15, -0.1) is 0 Å².